The van der Waals surface area contributed by atoms with Crippen molar-refractivity contribution in [1.29, 1.82) is 0 Å². The molecule has 0 radical (unpaired) electrons. The molecule has 1 unspecified atom stereocenters. The van der Waals surface area contributed by atoms with Crippen molar-refractivity contribution in [1.82, 2.24) is 5.32 Å². The second kappa shape index (κ2) is 3.67. The molecule has 1 atom stereocenters. The van der Waals surface area contributed by atoms with Gasteiger partial charge in [-0.2, -0.15) is 0 Å². The first kappa shape index (κ1) is 11.0. The van der Waals surface area contributed by atoms with Crippen molar-refractivity contribution in [3.8, 4) is 5.75 Å². The molecule has 1 aromatic rings. The molecule has 2 aliphatic rings. The standard InChI is InChI=1S/C13H15F2NO/c1-13(4-2-5-16-13)11-8-3-6-17-12(8)10(15)7-9(11)14/h7,16H,2-6H2,1H3. The average Bonchev–Trinajstić information content (AvgIpc) is 2.87. The van der Waals surface area contributed by atoms with Crippen molar-refractivity contribution in [2.75, 3.05) is 13.2 Å². The molecule has 4 heteroatoms. The highest BCUT2D eigenvalue weighted by Crippen LogP contribution is 2.41. The molecule has 0 bridgehead atoms. The second-order valence-corrected chi connectivity index (χ2v) is 4.98. The van der Waals surface area contributed by atoms with Crippen LogP contribution in [0.3, 0.4) is 0 Å². The van der Waals surface area contributed by atoms with Crippen LogP contribution in [-0.2, 0) is 12.0 Å². The monoisotopic (exact) mass is 239 g/mol. The molecule has 2 aliphatic heterocycles. The number of ether oxygens (including phenoxy) is 1. The number of rotatable bonds is 1. The lowest BCUT2D eigenvalue weighted by Crippen LogP contribution is -2.35. The molecule has 1 saturated heterocycles. The molecule has 1 N–H and O–H groups in total. The number of hydrogen-bond donors (Lipinski definition) is 1. The van der Waals surface area contributed by atoms with Gasteiger partial charge in [0.25, 0.3) is 0 Å². The first-order valence-electron chi connectivity index (χ1n) is 6.01. The predicted octanol–water partition coefficient (Wildman–Crippen LogP) is 2.50. The van der Waals surface area contributed by atoms with Crippen LogP contribution in [0.15, 0.2) is 6.07 Å². The number of nitrogens with one attached hydrogen (secondary N) is 1. The Morgan fingerprint density at radius 1 is 1.35 bits per heavy atom. The van der Waals surface area contributed by atoms with E-state index in [9.17, 15) is 8.78 Å². The fourth-order valence-corrected chi connectivity index (χ4v) is 3.01. The average molecular weight is 239 g/mol. The van der Waals surface area contributed by atoms with Gasteiger partial charge in [-0.25, -0.2) is 8.78 Å². The van der Waals surface area contributed by atoms with Gasteiger partial charge in [-0.05, 0) is 26.3 Å². The lowest BCUT2D eigenvalue weighted by atomic mass is 9.85. The second-order valence-electron chi connectivity index (χ2n) is 4.98. The van der Waals surface area contributed by atoms with Crippen LogP contribution in [-0.4, -0.2) is 13.2 Å². The van der Waals surface area contributed by atoms with E-state index < -0.39 is 11.6 Å². The third-order valence-corrected chi connectivity index (χ3v) is 3.80. The van der Waals surface area contributed by atoms with Gasteiger partial charge in [-0.3, -0.25) is 0 Å². The molecule has 1 fully saturated rings. The molecule has 2 heterocycles. The van der Waals surface area contributed by atoms with E-state index in [-0.39, 0.29) is 11.3 Å². The Labute approximate surface area is 99.0 Å². The predicted molar refractivity (Wildman–Crippen MR) is 60.1 cm³/mol. The molecule has 17 heavy (non-hydrogen) atoms. The summed E-state index contributed by atoms with van der Waals surface area (Å²) in [6.45, 7) is 3.30. The maximum atomic E-state index is 14.1. The topological polar surface area (TPSA) is 21.3 Å². The molecular weight excluding hydrogens is 224 g/mol. The van der Waals surface area contributed by atoms with Crippen LogP contribution in [0.4, 0.5) is 8.78 Å². The summed E-state index contributed by atoms with van der Waals surface area (Å²) in [5.41, 5.74) is 0.929. The van der Waals surface area contributed by atoms with Crippen LogP contribution < -0.4 is 10.1 Å². The summed E-state index contributed by atoms with van der Waals surface area (Å²) in [6.07, 6.45) is 2.49. The van der Waals surface area contributed by atoms with Gasteiger partial charge >= 0.3 is 0 Å². The van der Waals surface area contributed by atoms with E-state index in [2.05, 4.69) is 5.32 Å². The molecule has 92 valence electrons. The van der Waals surface area contributed by atoms with Gasteiger partial charge in [0.1, 0.15) is 5.82 Å². The maximum absolute atomic E-state index is 14.1. The fourth-order valence-electron chi connectivity index (χ4n) is 3.01. The molecule has 0 aliphatic carbocycles. The lowest BCUT2D eigenvalue weighted by Gasteiger charge is -2.27. The van der Waals surface area contributed by atoms with E-state index in [1.165, 1.54) is 0 Å². The lowest BCUT2D eigenvalue weighted by molar-refractivity contribution is 0.337. The molecular formula is C13H15F2NO. The minimum atomic E-state index is -0.583. The number of benzene rings is 1. The van der Waals surface area contributed by atoms with Crippen molar-refractivity contribution in [2.24, 2.45) is 0 Å². The summed E-state index contributed by atoms with van der Waals surface area (Å²) in [6, 6.07) is 0.949. The van der Waals surface area contributed by atoms with E-state index in [4.69, 9.17) is 4.74 Å². The maximum Gasteiger partial charge on any atom is 0.168 e. The van der Waals surface area contributed by atoms with E-state index in [0.29, 0.717) is 24.2 Å². The molecule has 0 aromatic heterocycles. The van der Waals surface area contributed by atoms with Crippen LogP contribution in [0.5, 0.6) is 5.75 Å². The van der Waals surface area contributed by atoms with E-state index >= 15 is 0 Å². The zero-order valence-electron chi connectivity index (χ0n) is 9.78. The molecule has 0 spiro atoms. The normalized spacial score (nSPS) is 27.0. The van der Waals surface area contributed by atoms with Gasteiger partial charge in [0.15, 0.2) is 11.6 Å². The number of hydrogen-bond acceptors (Lipinski definition) is 2. The number of fused-ring (bicyclic) bond motifs is 1. The Morgan fingerprint density at radius 3 is 2.88 bits per heavy atom. The van der Waals surface area contributed by atoms with Crippen LogP contribution in [0.25, 0.3) is 0 Å². The quantitative estimate of drug-likeness (QED) is 0.813. The van der Waals surface area contributed by atoms with Crippen molar-refractivity contribution in [3.63, 3.8) is 0 Å². The van der Waals surface area contributed by atoms with E-state index in [1.807, 2.05) is 6.92 Å². The minimum Gasteiger partial charge on any atom is -0.490 e. The molecule has 3 rings (SSSR count). The Hall–Kier alpha value is -1.16. The van der Waals surface area contributed by atoms with Gasteiger partial charge in [0, 0.05) is 29.2 Å². The Kier molecular flexibility index (Phi) is 2.36. The first-order chi connectivity index (χ1) is 8.12. The van der Waals surface area contributed by atoms with Gasteiger partial charge in [0.05, 0.1) is 6.61 Å². The summed E-state index contributed by atoms with van der Waals surface area (Å²) in [7, 11) is 0. The van der Waals surface area contributed by atoms with Gasteiger partial charge in [-0.1, -0.05) is 0 Å². The largest absolute Gasteiger partial charge is 0.490 e. The smallest absolute Gasteiger partial charge is 0.168 e. The van der Waals surface area contributed by atoms with E-state index in [0.717, 1.165) is 25.5 Å². The summed E-state index contributed by atoms with van der Waals surface area (Å²) in [5, 5.41) is 3.32. The van der Waals surface area contributed by atoms with Gasteiger partial charge in [-0.15, -0.1) is 0 Å². The van der Waals surface area contributed by atoms with Crippen molar-refractivity contribution in [3.05, 3.63) is 28.8 Å². The Balaban J connectivity index is 2.19. The molecule has 0 saturated carbocycles. The highest BCUT2D eigenvalue weighted by atomic mass is 19.1. The minimum absolute atomic E-state index is 0.247. The van der Waals surface area contributed by atoms with Crippen molar-refractivity contribution in [2.45, 2.75) is 31.7 Å². The molecule has 1 aromatic carbocycles. The third-order valence-electron chi connectivity index (χ3n) is 3.80. The fraction of sp³-hybridized carbons (Fsp3) is 0.538. The summed E-state index contributed by atoms with van der Waals surface area (Å²) < 4.78 is 32.9. The van der Waals surface area contributed by atoms with E-state index in [1.54, 1.807) is 0 Å². The van der Waals surface area contributed by atoms with Gasteiger partial charge < -0.3 is 10.1 Å². The summed E-state index contributed by atoms with van der Waals surface area (Å²) in [4.78, 5) is 0. The van der Waals surface area contributed by atoms with Crippen LogP contribution in [0.2, 0.25) is 0 Å². The molecule has 0 amide bonds. The van der Waals surface area contributed by atoms with Gasteiger partial charge in [0.2, 0.25) is 0 Å². The highest BCUT2D eigenvalue weighted by Gasteiger charge is 2.38. The van der Waals surface area contributed by atoms with Crippen LogP contribution in [0, 0.1) is 11.6 Å². The molecule has 2 nitrogen and oxygen atoms in total. The summed E-state index contributed by atoms with van der Waals surface area (Å²) in [5.74, 6) is -0.791. The third kappa shape index (κ3) is 1.54. The highest BCUT2D eigenvalue weighted by molar-refractivity contribution is 5.48. The first-order valence-corrected chi connectivity index (χ1v) is 6.01. The Morgan fingerprint density at radius 2 is 2.18 bits per heavy atom. The van der Waals surface area contributed by atoms with Crippen LogP contribution in [0.1, 0.15) is 30.9 Å². The number of halogens is 2. The van der Waals surface area contributed by atoms with Crippen LogP contribution >= 0.6 is 0 Å². The van der Waals surface area contributed by atoms with Crippen molar-refractivity contribution >= 4 is 0 Å². The Bertz CT molecular complexity index is 467. The summed E-state index contributed by atoms with van der Waals surface area (Å²) >= 11 is 0. The zero-order valence-corrected chi connectivity index (χ0v) is 9.78. The van der Waals surface area contributed by atoms with Crippen molar-refractivity contribution < 1.29 is 13.5 Å². The zero-order chi connectivity index (χ0) is 12.0. The SMILES string of the molecule is CC1(c2c(F)cc(F)c3c2CCO3)CCCN1.